The van der Waals surface area contributed by atoms with Crippen LogP contribution >= 0.6 is 0 Å². The van der Waals surface area contributed by atoms with Crippen molar-refractivity contribution in [3.63, 3.8) is 0 Å². The van der Waals surface area contributed by atoms with Crippen LogP contribution in [0.3, 0.4) is 0 Å². The number of aryl methyl sites for hydroxylation is 2. The van der Waals surface area contributed by atoms with E-state index >= 15 is 0 Å². The van der Waals surface area contributed by atoms with Crippen LogP contribution in [-0.2, 0) is 13.0 Å². The number of rotatable bonds is 7. The van der Waals surface area contributed by atoms with Crippen LogP contribution < -0.4 is 5.32 Å². The number of nitrogens with one attached hydrogen (secondary N) is 1. The third-order valence-electron chi connectivity index (χ3n) is 4.09. The third-order valence-corrected chi connectivity index (χ3v) is 4.09. The molecule has 102 valence electrons. The lowest BCUT2D eigenvalue weighted by molar-refractivity contribution is 0.356. The Morgan fingerprint density at radius 3 is 2.72 bits per heavy atom. The molecule has 2 unspecified atom stereocenters. The molecule has 1 aromatic heterocycles. The zero-order valence-corrected chi connectivity index (χ0v) is 12.2. The van der Waals surface area contributed by atoms with Gasteiger partial charge in [-0.1, -0.05) is 13.8 Å². The lowest BCUT2D eigenvalue weighted by Gasteiger charge is -2.20. The second-order valence-electron chi connectivity index (χ2n) is 5.93. The Labute approximate surface area is 111 Å². The van der Waals surface area contributed by atoms with Gasteiger partial charge in [-0.2, -0.15) is 5.10 Å². The van der Waals surface area contributed by atoms with Gasteiger partial charge in [0.1, 0.15) is 0 Å². The maximum absolute atomic E-state index is 4.53. The molecule has 2 atom stereocenters. The molecule has 0 bridgehead atoms. The van der Waals surface area contributed by atoms with E-state index in [1.54, 1.807) is 0 Å². The molecule has 1 aliphatic carbocycles. The van der Waals surface area contributed by atoms with Crippen molar-refractivity contribution in [3.05, 3.63) is 17.5 Å². The van der Waals surface area contributed by atoms with Crippen LogP contribution in [0.2, 0.25) is 0 Å². The standard InChI is InChI=1S/C15H27N3/c1-5-18-15(9-13(4)17-18)8-11(2)12(3)10-16-14-6-7-14/h9,11-12,14,16H,5-8,10H2,1-4H3. The molecule has 1 fully saturated rings. The fraction of sp³-hybridized carbons (Fsp3) is 0.800. The van der Waals surface area contributed by atoms with E-state index in [1.165, 1.54) is 18.5 Å². The molecule has 0 amide bonds. The average molecular weight is 249 g/mol. The zero-order chi connectivity index (χ0) is 13.1. The van der Waals surface area contributed by atoms with Gasteiger partial charge in [0.2, 0.25) is 0 Å². The van der Waals surface area contributed by atoms with Crippen molar-refractivity contribution in [1.82, 2.24) is 15.1 Å². The van der Waals surface area contributed by atoms with Gasteiger partial charge in [0, 0.05) is 18.3 Å². The fourth-order valence-corrected chi connectivity index (χ4v) is 2.41. The summed E-state index contributed by atoms with van der Waals surface area (Å²) in [7, 11) is 0. The number of hydrogen-bond donors (Lipinski definition) is 1. The summed E-state index contributed by atoms with van der Waals surface area (Å²) in [6.07, 6.45) is 3.90. The Balaban J connectivity index is 1.85. The Kier molecular flexibility index (Phi) is 4.44. The summed E-state index contributed by atoms with van der Waals surface area (Å²) in [5.41, 5.74) is 2.53. The molecule has 0 aromatic carbocycles. The minimum atomic E-state index is 0.706. The summed E-state index contributed by atoms with van der Waals surface area (Å²) in [4.78, 5) is 0. The van der Waals surface area contributed by atoms with Gasteiger partial charge in [-0.05, 0) is 57.6 Å². The lowest BCUT2D eigenvalue weighted by atomic mass is 9.91. The van der Waals surface area contributed by atoms with E-state index in [0.29, 0.717) is 5.92 Å². The monoisotopic (exact) mass is 249 g/mol. The van der Waals surface area contributed by atoms with Gasteiger partial charge >= 0.3 is 0 Å². The molecule has 0 aliphatic heterocycles. The summed E-state index contributed by atoms with van der Waals surface area (Å²) in [5.74, 6) is 1.43. The van der Waals surface area contributed by atoms with E-state index in [4.69, 9.17) is 0 Å². The summed E-state index contributed by atoms with van der Waals surface area (Å²) >= 11 is 0. The van der Waals surface area contributed by atoms with Crippen LogP contribution in [-0.4, -0.2) is 22.4 Å². The summed E-state index contributed by atoms with van der Waals surface area (Å²) < 4.78 is 2.15. The van der Waals surface area contributed by atoms with Gasteiger partial charge in [-0.25, -0.2) is 0 Å². The molecule has 3 nitrogen and oxygen atoms in total. The first-order valence-electron chi connectivity index (χ1n) is 7.36. The minimum Gasteiger partial charge on any atom is -0.314 e. The SMILES string of the molecule is CCn1nc(C)cc1CC(C)C(C)CNC1CC1. The van der Waals surface area contributed by atoms with E-state index in [1.807, 2.05) is 0 Å². The highest BCUT2D eigenvalue weighted by Crippen LogP contribution is 2.21. The van der Waals surface area contributed by atoms with E-state index in [9.17, 15) is 0 Å². The van der Waals surface area contributed by atoms with Crippen molar-refractivity contribution >= 4 is 0 Å². The molecule has 0 radical (unpaired) electrons. The Hall–Kier alpha value is -0.830. The van der Waals surface area contributed by atoms with Crippen LogP contribution in [0.15, 0.2) is 6.07 Å². The van der Waals surface area contributed by atoms with E-state index in [2.05, 4.69) is 48.9 Å². The maximum atomic E-state index is 4.53. The van der Waals surface area contributed by atoms with Crippen molar-refractivity contribution in [3.8, 4) is 0 Å². The average Bonchev–Trinajstić information content (AvgIpc) is 3.10. The van der Waals surface area contributed by atoms with Crippen molar-refractivity contribution in [2.45, 2.75) is 59.5 Å². The van der Waals surface area contributed by atoms with Gasteiger partial charge in [0.05, 0.1) is 5.69 Å². The van der Waals surface area contributed by atoms with E-state index in [-0.39, 0.29) is 0 Å². The first-order chi connectivity index (χ1) is 8.60. The highest BCUT2D eigenvalue weighted by Gasteiger charge is 2.22. The predicted octanol–water partition coefficient (Wildman–Crippen LogP) is 2.78. The van der Waals surface area contributed by atoms with Crippen LogP contribution in [0.5, 0.6) is 0 Å². The molecular formula is C15H27N3. The molecule has 1 aliphatic rings. The fourth-order valence-electron chi connectivity index (χ4n) is 2.41. The molecule has 1 N–H and O–H groups in total. The molecule has 2 rings (SSSR count). The van der Waals surface area contributed by atoms with E-state index < -0.39 is 0 Å². The van der Waals surface area contributed by atoms with Crippen LogP contribution in [0, 0.1) is 18.8 Å². The first-order valence-corrected chi connectivity index (χ1v) is 7.36. The van der Waals surface area contributed by atoms with Gasteiger partial charge in [-0.3, -0.25) is 4.68 Å². The van der Waals surface area contributed by atoms with Crippen LogP contribution in [0.4, 0.5) is 0 Å². The summed E-state index contributed by atoms with van der Waals surface area (Å²) in [6.45, 7) is 11.1. The first kappa shape index (κ1) is 13.6. The Morgan fingerprint density at radius 2 is 2.11 bits per heavy atom. The smallest absolute Gasteiger partial charge is 0.0596 e. The van der Waals surface area contributed by atoms with Gasteiger partial charge in [0.15, 0.2) is 0 Å². The lowest BCUT2D eigenvalue weighted by Crippen LogP contribution is -2.28. The molecule has 1 saturated carbocycles. The number of hydrogen-bond acceptors (Lipinski definition) is 2. The molecule has 18 heavy (non-hydrogen) atoms. The number of aromatic nitrogens is 2. The van der Waals surface area contributed by atoms with E-state index in [0.717, 1.165) is 37.2 Å². The van der Waals surface area contributed by atoms with Crippen molar-refractivity contribution in [2.75, 3.05) is 6.54 Å². The van der Waals surface area contributed by atoms with Crippen molar-refractivity contribution < 1.29 is 0 Å². The second kappa shape index (κ2) is 5.87. The Morgan fingerprint density at radius 1 is 1.39 bits per heavy atom. The minimum absolute atomic E-state index is 0.706. The normalized spacial score (nSPS) is 18.9. The number of nitrogens with zero attached hydrogens (tertiary/aromatic N) is 2. The summed E-state index contributed by atoms with van der Waals surface area (Å²) in [6, 6.07) is 3.06. The van der Waals surface area contributed by atoms with Crippen molar-refractivity contribution in [2.24, 2.45) is 11.8 Å². The second-order valence-corrected chi connectivity index (χ2v) is 5.93. The maximum Gasteiger partial charge on any atom is 0.0596 e. The van der Waals surface area contributed by atoms with Gasteiger partial charge in [-0.15, -0.1) is 0 Å². The topological polar surface area (TPSA) is 29.9 Å². The molecule has 1 heterocycles. The largest absolute Gasteiger partial charge is 0.314 e. The summed E-state index contributed by atoms with van der Waals surface area (Å²) in [5, 5.41) is 8.16. The molecular weight excluding hydrogens is 222 g/mol. The van der Waals surface area contributed by atoms with Gasteiger partial charge in [0.25, 0.3) is 0 Å². The highest BCUT2D eigenvalue weighted by molar-refractivity contribution is 5.09. The molecule has 0 spiro atoms. The quantitative estimate of drug-likeness (QED) is 0.805. The van der Waals surface area contributed by atoms with Crippen molar-refractivity contribution in [1.29, 1.82) is 0 Å². The van der Waals surface area contributed by atoms with Gasteiger partial charge < -0.3 is 5.32 Å². The third kappa shape index (κ3) is 3.58. The Bertz CT molecular complexity index is 379. The van der Waals surface area contributed by atoms with Crippen LogP contribution in [0.1, 0.15) is 45.0 Å². The molecule has 0 saturated heterocycles. The molecule has 1 aromatic rings. The molecule has 3 heteroatoms. The predicted molar refractivity (Wildman–Crippen MR) is 75.7 cm³/mol. The van der Waals surface area contributed by atoms with Crippen LogP contribution in [0.25, 0.3) is 0 Å². The highest BCUT2D eigenvalue weighted by atomic mass is 15.3. The zero-order valence-electron chi connectivity index (χ0n) is 12.2.